The fourth-order valence-electron chi connectivity index (χ4n) is 4.31. The molecule has 3 heterocycles. The molecule has 0 spiro atoms. The van der Waals surface area contributed by atoms with Gasteiger partial charge in [0, 0.05) is 45.8 Å². The lowest BCUT2D eigenvalue weighted by atomic mass is 10.1. The van der Waals surface area contributed by atoms with Gasteiger partial charge in [-0.1, -0.05) is 11.6 Å². The van der Waals surface area contributed by atoms with Crippen LogP contribution in [0.2, 0.25) is 0 Å². The van der Waals surface area contributed by atoms with E-state index < -0.39 is 23.6 Å². The van der Waals surface area contributed by atoms with Crippen LogP contribution in [0.25, 0.3) is 11.2 Å². The molecule has 0 amide bonds. The van der Waals surface area contributed by atoms with Gasteiger partial charge in [0.05, 0.1) is 26.3 Å². The topological polar surface area (TPSA) is 113 Å². The Hall–Kier alpha value is -3.86. The molecule has 11 nitrogen and oxygen atoms in total. The van der Waals surface area contributed by atoms with Crippen LogP contribution in [-0.4, -0.2) is 64.9 Å². The van der Waals surface area contributed by atoms with Crippen molar-refractivity contribution < 1.29 is 14.3 Å². The minimum Gasteiger partial charge on any atom is -0.497 e. The predicted octanol–water partition coefficient (Wildman–Crippen LogP) is 1.17. The van der Waals surface area contributed by atoms with Gasteiger partial charge in [0.15, 0.2) is 16.9 Å². The molecule has 0 unspecified atom stereocenters. The number of anilines is 1. The van der Waals surface area contributed by atoms with Gasteiger partial charge in [-0.25, -0.2) is 4.79 Å². The SMILES string of the molecule is COc1ccc(C(=O)Cn2c(=O)c3c(nc(N4CCNCC4)n3CC=C(C)C)n(C)c2=O)c(OC)c1. The number of aromatic nitrogens is 4. The number of piperazine rings is 1. The average Bonchev–Trinajstić information content (AvgIpc) is 3.28. The van der Waals surface area contributed by atoms with Crippen LogP contribution in [0.15, 0.2) is 39.4 Å². The third-order valence-corrected chi connectivity index (χ3v) is 6.31. The van der Waals surface area contributed by atoms with Gasteiger partial charge in [0.2, 0.25) is 5.95 Å². The van der Waals surface area contributed by atoms with E-state index in [2.05, 4.69) is 10.2 Å². The van der Waals surface area contributed by atoms with Crippen LogP contribution in [0.5, 0.6) is 11.5 Å². The van der Waals surface area contributed by atoms with Crippen LogP contribution in [0.4, 0.5) is 5.95 Å². The van der Waals surface area contributed by atoms with Gasteiger partial charge >= 0.3 is 5.69 Å². The van der Waals surface area contributed by atoms with Gasteiger partial charge in [-0.2, -0.15) is 4.98 Å². The van der Waals surface area contributed by atoms with E-state index in [9.17, 15) is 14.4 Å². The van der Waals surface area contributed by atoms with Gasteiger partial charge in [-0.3, -0.25) is 18.7 Å². The average molecular weight is 497 g/mol. The summed E-state index contributed by atoms with van der Waals surface area (Å²) in [6.07, 6.45) is 2.01. The highest BCUT2D eigenvalue weighted by Gasteiger charge is 2.25. The first-order chi connectivity index (χ1) is 17.3. The number of aryl methyl sites for hydroxylation is 1. The Labute approximate surface area is 208 Å². The number of carbonyl (C=O) groups is 1. The van der Waals surface area contributed by atoms with E-state index in [1.807, 2.05) is 24.5 Å². The molecule has 1 aromatic carbocycles. The molecule has 1 aliphatic heterocycles. The number of methoxy groups -OCH3 is 2. The summed E-state index contributed by atoms with van der Waals surface area (Å²) in [5, 5.41) is 3.32. The van der Waals surface area contributed by atoms with Crippen molar-refractivity contribution in [3.63, 3.8) is 0 Å². The first kappa shape index (κ1) is 25.2. The molecule has 1 saturated heterocycles. The second-order valence-electron chi connectivity index (χ2n) is 8.94. The van der Waals surface area contributed by atoms with Crippen LogP contribution in [-0.2, 0) is 20.1 Å². The van der Waals surface area contributed by atoms with E-state index in [4.69, 9.17) is 14.5 Å². The van der Waals surface area contributed by atoms with E-state index in [0.29, 0.717) is 29.6 Å². The molecular weight excluding hydrogens is 464 g/mol. The summed E-state index contributed by atoms with van der Waals surface area (Å²) in [6, 6.07) is 4.79. The largest absolute Gasteiger partial charge is 0.497 e. The highest BCUT2D eigenvalue weighted by molar-refractivity contribution is 5.98. The van der Waals surface area contributed by atoms with Gasteiger partial charge in [-0.15, -0.1) is 0 Å². The number of ether oxygens (including phenoxy) is 2. The molecule has 2 aromatic heterocycles. The van der Waals surface area contributed by atoms with E-state index in [0.717, 1.165) is 36.3 Å². The van der Waals surface area contributed by atoms with Crippen molar-refractivity contribution in [2.45, 2.75) is 26.9 Å². The normalized spacial score (nSPS) is 13.6. The lowest BCUT2D eigenvalue weighted by Crippen LogP contribution is -2.44. The summed E-state index contributed by atoms with van der Waals surface area (Å²) in [6.45, 7) is 7.02. The highest BCUT2D eigenvalue weighted by Crippen LogP contribution is 2.25. The third-order valence-electron chi connectivity index (χ3n) is 6.31. The smallest absolute Gasteiger partial charge is 0.332 e. The zero-order valence-corrected chi connectivity index (χ0v) is 21.3. The minimum atomic E-state index is -0.605. The summed E-state index contributed by atoms with van der Waals surface area (Å²) in [5.41, 5.74) is 0.781. The quantitative estimate of drug-likeness (QED) is 0.365. The summed E-state index contributed by atoms with van der Waals surface area (Å²) in [5.74, 6) is 1.05. The number of nitrogens with one attached hydrogen (secondary N) is 1. The maximum atomic E-state index is 13.7. The van der Waals surface area contributed by atoms with Crippen molar-refractivity contribution in [1.82, 2.24) is 24.0 Å². The molecule has 0 saturated carbocycles. The molecule has 3 aromatic rings. The Morgan fingerprint density at radius 2 is 1.83 bits per heavy atom. The number of carbonyl (C=O) groups excluding carboxylic acids is 1. The van der Waals surface area contributed by atoms with Crippen molar-refractivity contribution in [2.24, 2.45) is 7.05 Å². The Kier molecular flexibility index (Phi) is 7.30. The van der Waals surface area contributed by atoms with Crippen LogP contribution >= 0.6 is 0 Å². The number of nitrogens with zero attached hydrogens (tertiary/aromatic N) is 5. The number of fused-ring (bicyclic) bond motifs is 1. The molecule has 0 bridgehead atoms. The van der Waals surface area contributed by atoms with E-state index in [1.54, 1.807) is 25.2 Å². The van der Waals surface area contributed by atoms with Gasteiger partial charge in [-0.05, 0) is 26.0 Å². The lowest BCUT2D eigenvalue weighted by Gasteiger charge is -2.28. The maximum Gasteiger partial charge on any atom is 0.332 e. The molecule has 4 rings (SSSR count). The molecule has 11 heteroatoms. The number of benzene rings is 1. The predicted molar refractivity (Wildman–Crippen MR) is 138 cm³/mol. The molecule has 0 radical (unpaired) electrons. The van der Waals surface area contributed by atoms with Crippen molar-refractivity contribution >= 4 is 22.9 Å². The van der Waals surface area contributed by atoms with E-state index in [1.165, 1.54) is 18.8 Å². The summed E-state index contributed by atoms with van der Waals surface area (Å²) < 4.78 is 14.7. The Morgan fingerprint density at radius 1 is 1.11 bits per heavy atom. The standard InChI is InChI=1S/C25H32N6O5/c1-16(2)8-11-30-21-22(27-24(30)29-12-9-26-10-13-29)28(3)25(34)31(23(21)33)15-19(32)18-7-6-17(35-4)14-20(18)36-5/h6-8,14,26H,9-13,15H2,1-5H3. The number of hydrogen-bond acceptors (Lipinski definition) is 8. The fourth-order valence-corrected chi connectivity index (χ4v) is 4.31. The number of hydrogen-bond donors (Lipinski definition) is 1. The van der Waals surface area contributed by atoms with Gasteiger partial charge in [0.1, 0.15) is 11.5 Å². The second kappa shape index (κ2) is 10.4. The zero-order chi connectivity index (χ0) is 26.0. The van der Waals surface area contributed by atoms with E-state index in [-0.39, 0.29) is 11.1 Å². The molecular formula is C25H32N6O5. The van der Waals surface area contributed by atoms with Crippen LogP contribution < -0.4 is 30.9 Å². The van der Waals surface area contributed by atoms with Crippen LogP contribution in [0.1, 0.15) is 24.2 Å². The second-order valence-corrected chi connectivity index (χ2v) is 8.94. The highest BCUT2D eigenvalue weighted by atomic mass is 16.5. The minimum absolute atomic E-state index is 0.256. The number of allylic oxidation sites excluding steroid dienone is 2. The molecule has 1 aliphatic rings. The van der Waals surface area contributed by atoms with Gasteiger partial charge in [0.25, 0.3) is 5.56 Å². The zero-order valence-electron chi connectivity index (χ0n) is 21.3. The molecule has 1 fully saturated rings. The molecule has 0 aliphatic carbocycles. The van der Waals surface area contributed by atoms with Crippen molar-refractivity contribution in [1.29, 1.82) is 0 Å². The third kappa shape index (κ3) is 4.66. The first-order valence-electron chi connectivity index (χ1n) is 11.8. The van der Waals surface area contributed by atoms with Crippen molar-refractivity contribution in [3.05, 3.63) is 56.2 Å². The number of ketones is 1. The Bertz CT molecular complexity index is 1440. The van der Waals surface area contributed by atoms with Crippen molar-refractivity contribution in [3.8, 4) is 11.5 Å². The maximum absolute atomic E-state index is 13.7. The molecule has 1 N–H and O–H groups in total. The molecule has 0 atom stereocenters. The fraction of sp³-hybridized carbons (Fsp3) is 0.440. The lowest BCUT2D eigenvalue weighted by molar-refractivity contribution is 0.0966. The number of imidazole rings is 1. The Morgan fingerprint density at radius 3 is 2.47 bits per heavy atom. The van der Waals surface area contributed by atoms with Gasteiger partial charge < -0.3 is 24.3 Å². The molecule has 192 valence electrons. The van der Waals surface area contributed by atoms with Crippen LogP contribution in [0, 0.1) is 0 Å². The number of rotatable bonds is 8. The summed E-state index contributed by atoms with van der Waals surface area (Å²) in [4.78, 5) is 47.0. The van der Waals surface area contributed by atoms with Crippen molar-refractivity contribution in [2.75, 3.05) is 45.3 Å². The van der Waals surface area contributed by atoms with E-state index >= 15 is 0 Å². The monoisotopic (exact) mass is 496 g/mol. The summed E-state index contributed by atoms with van der Waals surface area (Å²) >= 11 is 0. The first-order valence-corrected chi connectivity index (χ1v) is 11.8. The van der Waals surface area contributed by atoms with Crippen LogP contribution in [0.3, 0.4) is 0 Å². The Balaban J connectivity index is 1.85. The molecule has 36 heavy (non-hydrogen) atoms. The summed E-state index contributed by atoms with van der Waals surface area (Å²) in [7, 11) is 4.53. The number of Topliss-reactive ketones (excluding diaryl/α,β-unsaturated/α-hetero) is 1.